The van der Waals surface area contributed by atoms with Crippen molar-refractivity contribution in [1.29, 1.82) is 0 Å². The maximum absolute atomic E-state index is 13.6. The van der Waals surface area contributed by atoms with Crippen LogP contribution in [0.5, 0.6) is 0 Å². The smallest absolute Gasteiger partial charge is 0.419 e. The largest absolute Gasteiger partial charge is 0.444 e. The molecule has 0 bridgehead atoms. The number of benzene rings is 1. The lowest BCUT2D eigenvalue weighted by molar-refractivity contribution is -0.139. The van der Waals surface area contributed by atoms with Crippen molar-refractivity contribution in [3.63, 3.8) is 0 Å². The first-order valence-corrected chi connectivity index (χ1v) is 5.47. The van der Waals surface area contributed by atoms with E-state index in [4.69, 9.17) is 4.74 Å². The molecule has 0 heterocycles. The molecule has 0 aliphatic rings. The summed E-state index contributed by atoms with van der Waals surface area (Å²) >= 11 is 0. The fourth-order valence-electron chi connectivity index (χ4n) is 1.29. The van der Waals surface area contributed by atoms with Crippen LogP contribution < -0.4 is 5.32 Å². The highest BCUT2D eigenvalue weighted by molar-refractivity contribution is 5.85. The Hall–Kier alpha value is -1.86. The maximum atomic E-state index is 13.6. The van der Waals surface area contributed by atoms with Gasteiger partial charge < -0.3 is 4.74 Å². The number of hydrogen-bond acceptors (Lipinski definition) is 2. The highest BCUT2D eigenvalue weighted by atomic mass is 19.4. The van der Waals surface area contributed by atoms with Gasteiger partial charge in [-0.15, -0.1) is 0 Å². The molecule has 0 saturated heterocycles. The van der Waals surface area contributed by atoms with E-state index < -0.39 is 40.8 Å². The number of rotatable bonds is 1. The van der Waals surface area contributed by atoms with Gasteiger partial charge in [-0.1, -0.05) is 0 Å². The Kier molecular flexibility index (Phi) is 4.26. The summed E-state index contributed by atoms with van der Waals surface area (Å²) < 4.78 is 69.0. The molecule has 0 fully saturated rings. The zero-order valence-corrected chi connectivity index (χ0v) is 10.9. The third kappa shape index (κ3) is 4.07. The molecule has 0 radical (unpaired) electrons. The van der Waals surface area contributed by atoms with E-state index in [0.717, 1.165) is 0 Å². The predicted octanol–water partition coefficient (Wildman–Crippen LogP) is 4.33. The summed E-state index contributed by atoms with van der Waals surface area (Å²) in [6, 6.07) is 0.670. The zero-order chi connectivity index (χ0) is 15.7. The highest BCUT2D eigenvalue weighted by Crippen LogP contribution is 2.35. The first-order chi connectivity index (χ1) is 8.92. The van der Waals surface area contributed by atoms with Crippen LogP contribution in [0.4, 0.5) is 32.4 Å². The molecular weight excluding hydrogens is 285 g/mol. The Labute approximate surface area is 111 Å². The third-order valence-corrected chi connectivity index (χ3v) is 2.02. The van der Waals surface area contributed by atoms with Crippen molar-refractivity contribution in [2.75, 3.05) is 5.32 Å². The number of carbonyl (C=O) groups is 1. The summed E-state index contributed by atoms with van der Waals surface area (Å²) in [5.41, 5.74) is -3.84. The van der Waals surface area contributed by atoms with Crippen LogP contribution in [0.25, 0.3) is 0 Å². The van der Waals surface area contributed by atoms with Gasteiger partial charge in [0.05, 0.1) is 5.56 Å². The van der Waals surface area contributed by atoms with Crippen molar-refractivity contribution in [2.45, 2.75) is 32.5 Å². The van der Waals surface area contributed by atoms with Crippen LogP contribution in [0.3, 0.4) is 0 Å². The monoisotopic (exact) mass is 297 g/mol. The second-order valence-corrected chi connectivity index (χ2v) is 4.91. The molecule has 1 amide bonds. The maximum Gasteiger partial charge on any atom is 0.419 e. The van der Waals surface area contributed by atoms with Crippen LogP contribution in [0.1, 0.15) is 26.3 Å². The van der Waals surface area contributed by atoms with Gasteiger partial charge >= 0.3 is 12.3 Å². The van der Waals surface area contributed by atoms with Gasteiger partial charge in [-0.25, -0.2) is 13.6 Å². The number of alkyl halides is 3. The quantitative estimate of drug-likeness (QED) is 0.783. The van der Waals surface area contributed by atoms with Gasteiger partial charge in [-0.05, 0) is 32.9 Å². The summed E-state index contributed by atoms with van der Waals surface area (Å²) in [6.07, 6.45) is -6.25. The molecule has 20 heavy (non-hydrogen) atoms. The zero-order valence-electron chi connectivity index (χ0n) is 10.9. The number of ether oxygens (including phenoxy) is 1. The second kappa shape index (κ2) is 5.26. The number of hydrogen-bond donors (Lipinski definition) is 1. The van der Waals surface area contributed by atoms with Gasteiger partial charge in [0.15, 0.2) is 5.82 Å². The summed E-state index contributed by atoms with van der Waals surface area (Å²) in [5, 5.41) is 1.64. The van der Waals surface area contributed by atoms with Gasteiger partial charge in [0, 0.05) is 0 Å². The minimum Gasteiger partial charge on any atom is -0.444 e. The molecule has 3 nitrogen and oxygen atoms in total. The molecule has 1 aromatic rings. The van der Waals surface area contributed by atoms with E-state index in [1.807, 2.05) is 0 Å². The molecule has 112 valence electrons. The topological polar surface area (TPSA) is 38.3 Å². The minimum atomic E-state index is -5.00. The molecular formula is C12H12F5NO2. The number of halogens is 5. The van der Waals surface area contributed by atoms with E-state index in [9.17, 15) is 26.7 Å². The SMILES string of the molecule is CC(C)(C)OC(=O)Nc1c(F)ccc(C(F)(F)F)c1F. The molecule has 1 aromatic carbocycles. The van der Waals surface area contributed by atoms with E-state index in [2.05, 4.69) is 0 Å². The Morgan fingerprint density at radius 2 is 1.70 bits per heavy atom. The van der Waals surface area contributed by atoms with Crippen molar-refractivity contribution < 1.29 is 31.5 Å². The van der Waals surface area contributed by atoms with Gasteiger partial charge in [0.2, 0.25) is 0 Å². The van der Waals surface area contributed by atoms with Crippen LogP contribution in [0.15, 0.2) is 12.1 Å². The van der Waals surface area contributed by atoms with Crippen LogP contribution in [0, 0.1) is 11.6 Å². The minimum absolute atomic E-state index is 0.255. The van der Waals surface area contributed by atoms with Crippen molar-refractivity contribution in [1.82, 2.24) is 0 Å². The fraction of sp³-hybridized carbons (Fsp3) is 0.417. The third-order valence-electron chi connectivity index (χ3n) is 2.02. The van der Waals surface area contributed by atoms with Crippen LogP contribution >= 0.6 is 0 Å². The Morgan fingerprint density at radius 3 is 2.15 bits per heavy atom. The van der Waals surface area contributed by atoms with Crippen molar-refractivity contribution in [2.24, 2.45) is 0 Å². The summed E-state index contributed by atoms with van der Waals surface area (Å²) in [6.45, 7) is 4.47. The highest BCUT2D eigenvalue weighted by Gasteiger charge is 2.36. The number of carbonyl (C=O) groups excluding carboxylic acids is 1. The number of nitrogens with one attached hydrogen (secondary N) is 1. The van der Waals surface area contributed by atoms with E-state index in [-0.39, 0.29) is 6.07 Å². The average Bonchev–Trinajstić information content (AvgIpc) is 2.19. The Bertz CT molecular complexity index is 520. The van der Waals surface area contributed by atoms with Crippen molar-refractivity contribution in [3.8, 4) is 0 Å². The second-order valence-electron chi connectivity index (χ2n) is 4.91. The summed E-state index contributed by atoms with van der Waals surface area (Å²) in [5.74, 6) is -3.23. The van der Waals surface area contributed by atoms with Gasteiger partial charge in [-0.2, -0.15) is 13.2 Å². The molecule has 1 N–H and O–H groups in total. The van der Waals surface area contributed by atoms with Crippen LogP contribution in [-0.4, -0.2) is 11.7 Å². The molecule has 8 heteroatoms. The van der Waals surface area contributed by atoms with Crippen molar-refractivity contribution in [3.05, 3.63) is 29.3 Å². The normalized spacial score (nSPS) is 12.2. The van der Waals surface area contributed by atoms with Gasteiger partial charge in [0.25, 0.3) is 0 Å². The van der Waals surface area contributed by atoms with Gasteiger partial charge in [-0.3, -0.25) is 5.32 Å². The molecule has 0 aromatic heterocycles. The van der Waals surface area contributed by atoms with E-state index in [0.29, 0.717) is 6.07 Å². The summed E-state index contributed by atoms with van der Waals surface area (Å²) in [7, 11) is 0. The van der Waals surface area contributed by atoms with E-state index >= 15 is 0 Å². The van der Waals surface area contributed by atoms with Crippen LogP contribution in [-0.2, 0) is 10.9 Å². The molecule has 0 atom stereocenters. The molecule has 0 aliphatic heterocycles. The molecule has 0 spiro atoms. The summed E-state index contributed by atoms with van der Waals surface area (Å²) in [4.78, 5) is 11.3. The fourth-order valence-corrected chi connectivity index (χ4v) is 1.29. The van der Waals surface area contributed by atoms with Gasteiger partial charge in [0.1, 0.15) is 17.1 Å². The lowest BCUT2D eigenvalue weighted by atomic mass is 10.1. The van der Waals surface area contributed by atoms with E-state index in [1.54, 1.807) is 5.32 Å². The molecule has 1 rings (SSSR count). The molecule has 0 saturated carbocycles. The molecule has 0 aliphatic carbocycles. The standard InChI is InChI=1S/C12H12F5NO2/c1-11(2,3)20-10(19)18-9-7(13)5-4-6(8(9)14)12(15,16)17/h4-5H,1-3H3,(H,18,19). The Balaban J connectivity index is 3.10. The first kappa shape index (κ1) is 16.2. The first-order valence-electron chi connectivity index (χ1n) is 5.47. The van der Waals surface area contributed by atoms with E-state index in [1.165, 1.54) is 20.8 Å². The number of amides is 1. The predicted molar refractivity (Wildman–Crippen MR) is 61.2 cm³/mol. The Morgan fingerprint density at radius 1 is 1.15 bits per heavy atom. The lowest BCUT2D eigenvalue weighted by Crippen LogP contribution is -2.28. The van der Waals surface area contributed by atoms with Crippen molar-refractivity contribution >= 4 is 11.8 Å². The number of anilines is 1. The average molecular weight is 297 g/mol. The molecule has 0 unspecified atom stereocenters. The lowest BCUT2D eigenvalue weighted by Gasteiger charge is -2.20. The van der Waals surface area contributed by atoms with Crippen LogP contribution in [0.2, 0.25) is 0 Å².